The van der Waals surface area contributed by atoms with E-state index < -0.39 is 5.41 Å². The molecule has 0 atom stereocenters. The van der Waals surface area contributed by atoms with Gasteiger partial charge >= 0.3 is 5.97 Å². The Kier molecular flexibility index (Phi) is 2.75. The number of pyridine rings is 1. The predicted octanol–water partition coefficient (Wildman–Crippen LogP) is 1.29. The van der Waals surface area contributed by atoms with Crippen LogP contribution >= 0.6 is 15.9 Å². The quantitative estimate of drug-likeness (QED) is 0.601. The Balaban J connectivity index is 2.38. The molecule has 0 radical (unpaired) electrons. The molecule has 0 amide bonds. The Bertz CT molecular complexity index is 390. The zero-order chi connectivity index (χ0) is 10.9. The van der Waals surface area contributed by atoms with Crippen LogP contribution in [0.15, 0.2) is 22.8 Å². The minimum absolute atomic E-state index is 0.292. The summed E-state index contributed by atoms with van der Waals surface area (Å²) in [6.45, 7) is 0.673. The smallest absolute Gasteiger partial charge is 0.322 e. The lowest BCUT2D eigenvalue weighted by atomic mass is 9.82. The number of nitrogens with zero attached hydrogens (tertiary/aromatic N) is 1. The van der Waals surface area contributed by atoms with Crippen molar-refractivity contribution in [1.82, 2.24) is 4.98 Å². The van der Waals surface area contributed by atoms with Gasteiger partial charge in [0.15, 0.2) is 5.41 Å². The van der Waals surface area contributed by atoms with Gasteiger partial charge in [-0.25, -0.2) is 4.98 Å². The molecule has 5 heteroatoms. The second-order valence-corrected chi connectivity index (χ2v) is 4.22. The Morgan fingerprint density at radius 2 is 2.33 bits per heavy atom. The van der Waals surface area contributed by atoms with Crippen LogP contribution in [0.1, 0.15) is 5.69 Å². The van der Waals surface area contributed by atoms with Gasteiger partial charge in [0.05, 0.1) is 26.0 Å². The van der Waals surface area contributed by atoms with Gasteiger partial charge < -0.3 is 9.47 Å². The highest BCUT2D eigenvalue weighted by molar-refractivity contribution is 9.10. The third-order valence-corrected chi connectivity index (χ3v) is 2.92. The number of hydrogen-bond donors (Lipinski definition) is 0. The normalized spacial score (nSPS) is 18.0. The van der Waals surface area contributed by atoms with Crippen molar-refractivity contribution in [3.05, 3.63) is 28.5 Å². The third-order valence-electron chi connectivity index (χ3n) is 2.48. The van der Waals surface area contributed by atoms with E-state index in [1.165, 1.54) is 7.11 Å². The fourth-order valence-electron chi connectivity index (χ4n) is 1.55. The second-order valence-electron chi connectivity index (χ2n) is 3.41. The summed E-state index contributed by atoms with van der Waals surface area (Å²) in [6.07, 6.45) is 0. The maximum absolute atomic E-state index is 11.7. The van der Waals surface area contributed by atoms with E-state index in [2.05, 4.69) is 20.9 Å². The van der Waals surface area contributed by atoms with Crippen LogP contribution < -0.4 is 0 Å². The standard InChI is InChI=1S/C10H10BrNO3/c1-14-9(13)10(5-15-6-10)7-3-2-4-8(11)12-7/h2-4H,5-6H2,1H3. The number of ether oxygens (including phenoxy) is 2. The first-order chi connectivity index (χ1) is 7.19. The van der Waals surface area contributed by atoms with Gasteiger partial charge in [-0.15, -0.1) is 0 Å². The highest BCUT2D eigenvalue weighted by atomic mass is 79.9. The van der Waals surface area contributed by atoms with E-state index in [4.69, 9.17) is 9.47 Å². The van der Waals surface area contributed by atoms with Gasteiger partial charge in [0.25, 0.3) is 0 Å². The number of carbonyl (C=O) groups excluding carboxylic acids is 1. The molecule has 0 bridgehead atoms. The zero-order valence-electron chi connectivity index (χ0n) is 8.20. The molecule has 0 unspecified atom stereocenters. The average Bonchev–Trinajstić information content (AvgIpc) is 2.16. The lowest BCUT2D eigenvalue weighted by Crippen LogP contribution is -2.54. The number of hydrogen-bond acceptors (Lipinski definition) is 4. The molecule has 0 N–H and O–H groups in total. The summed E-state index contributed by atoms with van der Waals surface area (Å²) in [5, 5.41) is 0. The van der Waals surface area contributed by atoms with Gasteiger partial charge in [0.1, 0.15) is 4.60 Å². The lowest BCUT2D eigenvalue weighted by Gasteiger charge is -2.37. The molecule has 0 spiro atoms. The molecule has 1 fully saturated rings. The molecule has 4 nitrogen and oxygen atoms in total. The van der Waals surface area contributed by atoms with Crippen molar-refractivity contribution in [1.29, 1.82) is 0 Å². The van der Waals surface area contributed by atoms with E-state index in [-0.39, 0.29) is 5.97 Å². The molecule has 2 rings (SSSR count). The third kappa shape index (κ3) is 1.66. The molecule has 1 saturated heterocycles. The van der Waals surface area contributed by atoms with Crippen molar-refractivity contribution in [3.63, 3.8) is 0 Å². The Labute approximate surface area is 95.7 Å². The molecular weight excluding hydrogens is 262 g/mol. The summed E-state index contributed by atoms with van der Waals surface area (Å²) in [4.78, 5) is 15.9. The number of aromatic nitrogens is 1. The van der Waals surface area contributed by atoms with Crippen LogP contribution in [0.5, 0.6) is 0 Å². The maximum atomic E-state index is 11.7. The predicted molar refractivity (Wildman–Crippen MR) is 56.5 cm³/mol. The van der Waals surface area contributed by atoms with Crippen LogP contribution in [0.3, 0.4) is 0 Å². The van der Waals surface area contributed by atoms with Gasteiger partial charge in [-0.05, 0) is 28.1 Å². The average molecular weight is 272 g/mol. The number of carbonyl (C=O) groups is 1. The molecular formula is C10H10BrNO3. The molecule has 0 aromatic carbocycles. The van der Waals surface area contributed by atoms with Crippen molar-refractivity contribution in [3.8, 4) is 0 Å². The summed E-state index contributed by atoms with van der Waals surface area (Å²) >= 11 is 3.27. The summed E-state index contributed by atoms with van der Waals surface area (Å²) in [7, 11) is 1.38. The van der Waals surface area contributed by atoms with E-state index in [1.54, 1.807) is 0 Å². The van der Waals surface area contributed by atoms with E-state index in [0.717, 1.165) is 0 Å². The minimum atomic E-state index is -0.710. The van der Waals surface area contributed by atoms with Gasteiger partial charge in [-0.3, -0.25) is 4.79 Å². The van der Waals surface area contributed by atoms with Crippen molar-refractivity contribution in [2.24, 2.45) is 0 Å². The van der Waals surface area contributed by atoms with Crippen LogP contribution in [0.2, 0.25) is 0 Å². The monoisotopic (exact) mass is 271 g/mol. The van der Waals surface area contributed by atoms with E-state index in [0.29, 0.717) is 23.5 Å². The highest BCUT2D eigenvalue weighted by Crippen LogP contribution is 2.32. The summed E-state index contributed by atoms with van der Waals surface area (Å²) in [5.41, 5.74) is -0.0200. The lowest BCUT2D eigenvalue weighted by molar-refractivity contribution is -0.167. The number of halogens is 1. The molecule has 0 aliphatic carbocycles. The van der Waals surface area contributed by atoms with Crippen molar-refractivity contribution >= 4 is 21.9 Å². The molecule has 15 heavy (non-hydrogen) atoms. The number of esters is 1. The first-order valence-electron chi connectivity index (χ1n) is 4.48. The fraction of sp³-hybridized carbons (Fsp3) is 0.400. The number of methoxy groups -OCH3 is 1. The summed E-state index contributed by atoms with van der Waals surface area (Å²) < 4.78 is 10.6. The molecule has 1 aliphatic rings. The van der Waals surface area contributed by atoms with Gasteiger partial charge in [0.2, 0.25) is 0 Å². The SMILES string of the molecule is COC(=O)C1(c2cccc(Br)n2)COC1. The largest absolute Gasteiger partial charge is 0.468 e. The van der Waals surface area contributed by atoms with Crippen LogP contribution in [0, 0.1) is 0 Å². The summed E-state index contributed by atoms with van der Waals surface area (Å²) in [6, 6.07) is 5.47. The zero-order valence-corrected chi connectivity index (χ0v) is 9.78. The Morgan fingerprint density at radius 1 is 1.60 bits per heavy atom. The minimum Gasteiger partial charge on any atom is -0.468 e. The fourth-order valence-corrected chi connectivity index (χ4v) is 1.89. The Hall–Kier alpha value is -0.940. The second kappa shape index (κ2) is 3.90. The van der Waals surface area contributed by atoms with Crippen LogP contribution in [0.25, 0.3) is 0 Å². The topological polar surface area (TPSA) is 48.4 Å². The van der Waals surface area contributed by atoms with E-state index in [1.807, 2.05) is 18.2 Å². The van der Waals surface area contributed by atoms with Crippen LogP contribution in [-0.2, 0) is 19.7 Å². The molecule has 2 heterocycles. The van der Waals surface area contributed by atoms with Crippen molar-refractivity contribution in [2.45, 2.75) is 5.41 Å². The highest BCUT2D eigenvalue weighted by Gasteiger charge is 2.50. The van der Waals surface area contributed by atoms with Crippen LogP contribution in [-0.4, -0.2) is 31.3 Å². The molecule has 1 aliphatic heterocycles. The summed E-state index contributed by atoms with van der Waals surface area (Å²) in [5.74, 6) is -0.292. The first-order valence-corrected chi connectivity index (χ1v) is 5.27. The van der Waals surface area contributed by atoms with E-state index in [9.17, 15) is 4.79 Å². The molecule has 80 valence electrons. The van der Waals surface area contributed by atoms with Crippen molar-refractivity contribution < 1.29 is 14.3 Å². The van der Waals surface area contributed by atoms with Crippen molar-refractivity contribution in [2.75, 3.05) is 20.3 Å². The van der Waals surface area contributed by atoms with E-state index >= 15 is 0 Å². The van der Waals surface area contributed by atoms with Gasteiger partial charge in [-0.1, -0.05) is 6.07 Å². The molecule has 0 saturated carbocycles. The first kappa shape index (κ1) is 10.6. The van der Waals surface area contributed by atoms with Gasteiger partial charge in [0, 0.05) is 0 Å². The van der Waals surface area contributed by atoms with Crippen LogP contribution in [0.4, 0.5) is 0 Å². The maximum Gasteiger partial charge on any atom is 0.322 e. The Morgan fingerprint density at radius 3 is 2.80 bits per heavy atom. The molecule has 1 aromatic rings. The van der Waals surface area contributed by atoms with Gasteiger partial charge in [-0.2, -0.15) is 0 Å². The number of rotatable bonds is 2. The molecule has 1 aromatic heterocycles.